The van der Waals surface area contributed by atoms with E-state index in [1.807, 2.05) is 31.3 Å². The van der Waals surface area contributed by atoms with E-state index in [1.165, 1.54) is 0 Å². The van der Waals surface area contributed by atoms with Gasteiger partial charge in [-0.05, 0) is 30.7 Å². The van der Waals surface area contributed by atoms with Crippen molar-refractivity contribution in [3.05, 3.63) is 64.7 Å². The molecule has 0 amide bonds. The van der Waals surface area contributed by atoms with Gasteiger partial charge in [-0.15, -0.1) is 0 Å². The van der Waals surface area contributed by atoms with Gasteiger partial charge in [-0.1, -0.05) is 29.8 Å². The zero-order valence-corrected chi connectivity index (χ0v) is 12.5. The standard InChI is InChI=1S/C16H13ClN2O3/c1-10-6-7-12-15(16(20)21)18-14(19(12)8-10)9-22-13-5-3-2-4-11(13)17/h2-8H,9H2,1H3,(H,20,21). The average Bonchev–Trinajstić information content (AvgIpc) is 2.84. The molecular weight excluding hydrogens is 304 g/mol. The van der Waals surface area contributed by atoms with Crippen LogP contribution >= 0.6 is 11.6 Å². The fourth-order valence-electron chi connectivity index (χ4n) is 2.22. The van der Waals surface area contributed by atoms with Gasteiger partial charge in [-0.25, -0.2) is 9.78 Å². The highest BCUT2D eigenvalue weighted by molar-refractivity contribution is 6.32. The molecule has 0 aliphatic carbocycles. The average molecular weight is 317 g/mol. The third kappa shape index (κ3) is 2.63. The van der Waals surface area contributed by atoms with Crippen LogP contribution in [0.25, 0.3) is 5.52 Å². The number of imidazole rings is 1. The number of aryl methyl sites for hydroxylation is 1. The molecule has 0 bridgehead atoms. The minimum Gasteiger partial charge on any atom is -0.484 e. The Kier molecular flexibility index (Phi) is 3.73. The predicted molar refractivity (Wildman–Crippen MR) is 82.7 cm³/mol. The minimum absolute atomic E-state index is 0.0118. The number of carboxylic acids is 1. The van der Waals surface area contributed by atoms with Gasteiger partial charge in [-0.3, -0.25) is 4.40 Å². The quantitative estimate of drug-likeness (QED) is 0.799. The van der Waals surface area contributed by atoms with Crippen molar-refractivity contribution in [1.29, 1.82) is 0 Å². The molecule has 6 heteroatoms. The third-order valence-electron chi connectivity index (χ3n) is 3.25. The Bertz CT molecular complexity index is 858. The summed E-state index contributed by atoms with van der Waals surface area (Å²) in [6.07, 6.45) is 1.83. The number of halogens is 1. The molecule has 1 N–H and O–H groups in total. The van der Waals surface area contributed by atoms with Gasteiger partial charge < -0.3 is 9.84 Å². The van der Waals surface area contributed by atoms with Gasteiger partial charge in [0.25, 0.3) is 0 Å². The van der Waals surface area contributed by atoms with Crippen LogP contribution in [0.4, 0.5) is 0 Å². The molecule has 112 valence electrons. The SMILES string of the molecule is Cc1ccc2c(C(=O)O)nc(COc3ccccc3Cl)n2c1. The largest absolute Gasteiger partial charge is 0.484 e. The number of nitrogens with zero attached hydrogens (tertiary/aromatic N) is 2. The Hall–Kier alpha value is -2.53. The fraction of sp³-hybridized carbons (Fsp3) is 0.125. The number of hydrogen-bond acceptors (Lipinski definition) is 3. The Morgan fingerprint density at radius 3 is 2.82 bits per heavy atom. The summed E-state index contributed by atoms with van der Waals surface area (Å²) >= 11 is 6.04. The molecule has 22 heavy (non-hydrogen) atoms. The molecule has 3 aromatic rings. The first kappa shape index (κ1) is 14.4. The van der Waals surface area contributed by atoms with E-state index in [4.69, 9.17) is 16.3 Å². The van der Waals surface area contributed by atoms with Crippen LogP contribution in [0.15, 0.2) is 42.6 Å². The topological polar surface area (TPSA) is 63.8 Å². The number of fused-ring (bicyclic) bond motifs is 1. The van der Waals surface area contributed by atoms with Crippen LogP contribution < -0.4 is 4.74 Å². The number of carboxylic acid groups (broad SMARTS) is 1. The molecule has 0 aliphatic heterocycles. The summed E-state index contributed by atoms with van der Waals surface area (Å²) in [5.41, 5.74) is 1.55. The van der Waals surface area contributed by atoms with Gasteiger partial charge in [-0.2, -0.15) is 0 Å². The monoisotopic (exact) mass is 316 g/mol. The lowest BCUT2D eigenvalue weighted by Gasteiger charge is -2.07. The third-order valence-corrected chi connectivity index (χ3v) is 3.57. The van der Waals surface area contributed by atoms with E-state index >= 15 is 0 Å². The molecule has 1 aromatic carbocycles. The minimum atomic E-state index is -1.06. The molecule has 2 aromatic heterocycles. The number of carbonyl (C=O) groups is 1. The Morgan fingerprint density at radius 2 is 2.09 bits per heavy atom. The van der Waals surface area contributed by atoms with E-state index < -0.39 is 5.97 Å². The molecule has 0 aliphatic rings. The van der Waals surface area contributed by atoms with Crippen molar-refractivity contribution in [2.75, 3.05) is 0 Å². The summed E-state index contributed by atoms with van der Waals surface area (Å²) in [5.74, 6) is -0.0215. The van der Waals surface area contributed by atoms with Crippen LogP contribution in [-0.4, -0.2) is 20.5 Å². The molecule has 0 atom stereocenters. The van der Waals surface area contributed by atoms with Crippen LogP contribution in [0.5, 0.6) is 5.75 Å². The maximum absolute atomic E-state index is 11.3. The van der Waals surface area contributed by atoms with E-state index in [9.17, 15) is 9.90 Å². The number of rotatable bonds is 4. The number of benzene rings is 1. The Morgan fingerprint density at radius 1 is 1.32 bits per heavy atom. The van der Waals surface area contributed by atoms with Gasteiger partial charge >= 0.3 is 5.97 Å². The van der Waals surface area contributed by atoms with Gasteiger partial charge in [0.1, 0.15) is 12.4 Å². The van der Waals surface area contributed by atoms with Crippen LogP contribution in [0.2, 0.25) is 5.02 Å². The number of ether oxygens (including phenoxy) is 1. The lowest BCUT2D eigenvalue weighted by atomic mass is 10.2. The summed E-state index contributed by atoms with van der Waals surface area (Å²) in [6, 6.07) is 10.7. The molecule has 0 fully saturated rings. The van der Waals surface area contributed by atoms with E-state index in [2.05, 4.69) is 4.98 Å². The second-order valence-electron chi connectivity index (χ2n) is 4.86. The van der Waals surface area contributed by atoms with E-state index in [0.29, 0.717) is 22.1 Å². The van der Waals surface area contributed by atoms with Crippen molar-refractivity contribution in [1.82, 2.24) is 9.38 Å². The Labute approximate surface area is 131 Å². The molecule has 2 heterocycles. The summed E-state index contributed by atoms with van der Waals surface area (Å²) < 4.78 is 7.39. The normalized spacial score (nSPS) is 10.8. The van der Waals surface area contributed by atoms with Gasteiger partial charge in [0.05, 0.1) is 10.5 Å². The highest BCUT2D eigenvalue weighted by Gasteiger charge is 2.17. The van der Waals surface area contributed by atoms with Crippen molar-refractivity contribution in [3.8, 4) is 5.75 Å². The summed E-state index contributed by atoms with van der Waals surface area (Å²) in [5, 5.41) is 9.76. The maximum Gasteiger partial charge on any atom is 0.356 e. The lowest BCUT2D eigenvalue weighted by molar-refractivity contribution is 0.0693. The number of aromatic carboxylic acids is 1. The van der Waals surface area contributed by atoms with Gasteiger partial charge in [0, 0.05) is 6.20 Å². The van der Waals surface area contributed by atoms with E-state index in [0.717, 1.165) is 5.56 Å². The summed E-state index contributed by atoms with van der Waals surface area (Å²) in [4.78, 5) is 15.5. The summed E-state index contributed by atoms with van der Waals surface area (Å²) in [6.45, 7) is 2.06. The van der Waals surface area contributed by atoms with Crippen molar-refractivity contribution in [3.63, 3.8) is 0 Å². The first-order chi connectivity index (χ1) is 10.6. The first-order valence-electron chi connectivity index (χ1n) is 6.64. The second-order valence-corrected chi connectivity index (χ2v) is 5.27. The smallest absolute Gasteiger partial charge is 0.356 e. The van der Waals surface area contributed by atoms with E-state index in [-0.39, 0.29) is 12.3 Å². The predicted octanol–water partition coefficient (Wildman–Crippen LogP) is 3.57. The molecule has 0 saturated carbocycles. The molecular formula is C16H13ClN2O3. The highest BCUT2D eigenvalue weighted by Crippen LogP contribution is 2.24. The number of pyridine rings is 1. The van der Waals surface area contributed by atoms with Crippen molar-refractivity contribution < 1.29 is 14.6 Å². The number of aromatic nitrogens is 2. The number of para-hydroxylation sites is 1. The maximum atomic E-state index is 11.3. The van der Waals surface area contributed by atoms with Crippen molar-refractivity contribution in [2.24, 2.45) is 0 Å². The highest BCUT2D eigenvalue weighted by atomic mass is 35.5. The van der Waals surface area contributed by atoms with E-state index in [1.54, 1.807) is 22.6 Å². The van der Waals surface area contributed by atoms with Crippen LogP contribution in [-0.2, 0) is 6.61 Å². The number of hydrogen-bond donors (Lipinski definition) is 1. The Balaban J connectivity index is 1.98. The molecule has 0 radical (unpaired) electrons. The fourth-order valence-corrected chi connectivity index (χ4v) is 2.41. The van der Waals surface area contributed by atoms with Crippen LogP contribution in [0.3, 0.4) is 0 Å². The molecule has 0 spiro atoms. The van der Waals surface area contributed by atoms with Gasteiger partial charge in [0.15, 0.2) is 11.5 Å². The zero-order chi connectivity index (χ0) is 15.7. The molecule has 3 rings (SSSR count). The van der Waals surface area contributed by atoms with Crippen molar-refractivity contribution >= 4 is 23.1 Å². The zero-order valence-electron chi connectivity index (χ0n) is 11.8. The van der Waals surface area contributed by atoms with Crippen LogP contribution in [0, 0.1) is 6.92 Å². The second kappa shape index (κ2) is 5.69. The summed E-state index contributed by atoms with van der Waals surface area (Å²) in [7, 11) is 0. The van der Waals surface area contributed by atoms with Crippen molar-refractivity contribution in [2.45, 2.75) is 13.5 Å². The molecule has 0 unspecified atom stereocenters. The molecule has 0 saturated heterocycles. The lowest BCUT2D eigenvalue weighted by Crippen LogP contribution is -2.02. The van der Waals surface area contributed by atoms with Crippen LogP contribution in [0.1, 0.15) is 21.9 Å². The first-order valence-corrected chi connectivity index (χ1v) is 7.02. The van der Waals surface area contributed by atoms with Gasteiger partial charge in [0.2, 0.25) is 0 Å². The molecule has 5 nitrogen and oxygen atoms in total.